The Kier molecular flexibility index (Phi) is 4.60. The van der Waals surface area contributed by atoms with Crippen LogP contribution in [-0.4, -0.2) is 25.1 Å². The molecule has 3 aromatic rings. The highest BCUT2D eigenvalue weighted by Gasteiger charge is 2.16. The molecule has 0 amide bonds. The fraction of sp³-hybridized carbons (Fsp3) is 0.312. The van der Waals surface area contributed by atoms with E-state index in [1.54, 1.807) is 4.68 Å². The molecule has 0 fully saturated rings. The predicted octanol–water partition coefficient (Wildman–Crippen LogP) is 3.23. The van der Waals surface area contributed by atoms with Crippen molar-refractivity contribution in [1.29, 1.82) is 0 Å². The van der Waals surface area contributed by atoms with Gasteiger partial charge in [0.05, 0.1) is 18.0 Å². The molecular formula is C16H18N4OS. The van der Waals surface area contributed by atoms with Crippen LogP contribution in [0.1, 0.15) is 31.2 Å². The van der Waals surface area contributed by atoms with Crippen molar-refractivity contribution in [3.05, 3.63) is 47.1 Å². The molecule has 3 rings (SSSR count). The first-order valence-electron chi connectivity index (χ1n) is 7.39. The Morgan fingerprint density at radius 3 is 2.77 bits per heavy atom. The summed E-state index contributed by atoms with van der Waals surface area (Å²) in [7, 11) is 0. The average Bonchev–Trinajstić information content (AvgIpc) is 3.20. The normalized spacial score (nSPS) is 11.0. The number of unbranched alkanes of at least 4 members (excludes halogenated alkanes) is 1. The lowest BCUT2D eigenvalue weighted by Crippen LogP contribution is -2.04. The second-order valence-electron chi connectivity index (χ2n) is 5.04. The Morgan fingerprint density at radius 2 is 2.05 bits per heavy atom. The highest BCUT2D eigenvalue weighted by atomic mass is 32.1. The summed E-state index contributed by atoms with van der Waals surface area (Å²) in [6.07, 6.45) is 2.97. The van der Waals surface area contributed by atoms with Gasteiger partial charge in [-0.25, -0.2) is 4.98 Å². The van der Waals surface area contributed by atoms with E-state index in [9.17, 15) is 5.11 Å². The molecule has 0 aliphatic carbocycles. The van der Waals surface area contributed by atoms with Crippen LogP contribution in [0.25, 0.3) is 16.4 Å². The minimum absolute atomic E-state index is 0.0873. The topological polar surface area (TPSA) is 63.8 Å². The summed E-state index contributed by atoms with van der Waals surface area (Å²) in [4.78, 5) is 4.66. The fourth-order valence-electron chi connectivity index (χ4n) is 2.31. The summed E-state index contributed by atoms with van der Waals surface area (Å²) in [5.74, 6) is 0. The number of hydrogen-bond donors (Lipinski definition) is 1. The Bertz CT molecular complexity index is 736. The molecule has 2 aromatic heterocycles. The van der Waals surface area contributed by atoms with Crippen LogP contribution in [-0.2, 0) is 13.0 Å². The number of aromatic nitrogens is 4. The van der Waals surface area contributed by atoms with Crippen LogP contribution in [0.3, 0.4) is 0 Å². The van der Waals surface area contributed by atoms with Crippen LogP contribution in [0, 0.1) is 0 Å². The number of nitrogens with zero attached hydrogens (tertiary/aromatic N) is 4. The molecule has 0 aliphatic heterocycles. The summed E-state index contributed by atoms with van der Waals surface area (Å²) < 4.78 is 1.76. The van der Waals surface area contributed by atoms with E-state index in [-0.39, 0.29) is 6.61 Å². The zero-order valence-electron chi connectivity index (χ0n) is 12.4. The van der Waals surface area contributed by atoms with Crippen LogP contribution in [0.15, 0.2) is 35.7 Å². The number of aliphatic hydroxyl groups is 1. The van der Waals surface area contributed by atoms with Crippen molar-refractivity contribution in [2.24, 2.45) is 0 Å². The summed E-state index contributed by atoms with van der Waals surface area (Å²) in [6.45, 7) is 2.06. The summed E-state index contributed by atoms with van der Waals surface area (Å²) in [5.41, 5.74) is 3.62. The van der Waals surface area contributed by atoms with E-state index in [1.807, 2.05) is 35.7 Å². The van der Waals surface area contributed by atoms with Crippen LogP contribution in [0.5, 0.6) is 0 Å². The lowest BCUT2D eigenvalue weighted by atomic mass is 10.1. The second kappa shape index (κ2) is 6.81. The lowest BCUT2D eigenvalue weighted by molar-refractivity contribution is 0.275. The molecule has 0 aliphatic rings. The zero-order valence-corrected chi connectivity index (χ0v) is 13.3. The van der Waals surface area contributed by atoms with Gasteiger partial charge >= 0.3 is 0 Å². The maximum Gasteiger partial charge on any atom is 0.212 e. The summed E-state index contributed by atoms with van der Waals surface area (Å²) >= 11 is 1.54. The van der Waals surface area contributed by atoms with Gasteiger partial charge in [0.1, 0.15) is 5.69 Å². The van der Waals surface area contributed by atoms with Crippen molar-refractivity contribution < 1.29 is 5.11 Å². The number of hydrogen-bond acceptors (Lipinski definition) is 5. The van der Waals surface area contributed by atoms with Gasteiger partial charge in [0.15, 0.2) is 0 Å². The minimum atomic E-state index is -0.0873. The molecule has 2 heterocycles. The van der Waals surface area contributed by atoms with E-state index in [2.05, 4.69) is 22.2 Å². The highest BCUT2D eigenvalue weighted by Crippen LogP contribution is 2.25. The Hall–Kier alpha value is -2.05. The summed E-state index contributed by atoms with van der Waals surface area (Å²) in [6, 6.07) is 10.1. The Balaban J connectivity index is 1.95. The van der Waals surface area contributed by atoms with Gasteiger partial charge in [0.2, 0.25) is 5.13 Å². The van der Waals surface area contributed by atoms with Crippen LogP contribution in [0.2, 0.25) is 0 Å². The first-order chi connectivity index (χ1) is 10.8. The quantitative estimate of drug-likeness (QED) is 0.759. The molecule has 1 aromatic carbocycles. The molecule has 0 radical (unpaired) electrons. The molecule has 6 heteroatoms. The molecule has 0 atom stereocenters. The molecule has 0 bridgehead atoms. The third-order valence-corrected chi connectivity index (χ3v) is 4.32. The van der Waals surface area contributed by atoms with E-state index in [0.29, 0.717) is 5.69 Å². The zero-order chi connectivity index (χ0) is 15.4. The predicted molar refractivity (Wildman–Crippen MR) is 87.0 cm³/mol. The SMILES string of the molecule is CCCCc1c(CO)nnn1-c1nc(-c2ccccc2)cs1. The fourth-order valence-corrected chi connectivity index (χ4v) is 3.11. The van der Waals surface area contributed by atoms with Gasteiger partial charge in [0.25, 0.3) is 0 Å². The van der Waals surface area contributed by atoms with Crippen molar-refractivity contribution in [1.82, 2.24) is 20.0 Å². The van der Waals surface area contributed by atoms with Gasteiger partial charge in [-0.15, -0.1) is 16.4 Å². The molecule has 22 heavy (non-hydrogen) atoms. The Labute approximate surface area is 133 Å². The van der Waals surface area contributed by atoms with Crippen LogP contribution in [0.4, 0.5) is 0 Å². The number of thiazole rings is 1. The monoisotopic (exact) mass is 314 g/mol. The lowest BCUT2D eigenvalue weighted by Gasteiger charge is -2.03. The molecule has 1 N–H and O–H groups in total. The van der Waals surface area contributed by atoms with Crippen molar-refractivity contribution in [3.63, 3.8) is 0 Å². The smallest absolute Gasteiger partial charge is 0.212 e. The standard InChI is InChI=1S/C16H18N4OS/c1-2-3-9-15-13(10-21)18-19-20(15)16-17-14(11-22-16)12-7-5-4-6-8-12/h4-8,11,21H,2-3,9-10H2,1H3. The van der Waals surface area contributed by atoms with E-state index >= 15 is 0 Å². The number of benzene rings is 1. The minimum Gasteiger partial charge on any atom is -0.390 e. The third-order valence-electron chi connectivity index (χ3n) is 3.50. The van der Waals surface area contributed by atoms with Crippen molar-refractivity contribution >= 4 is 11.3 Å². The third kappa shape index (κ3) is 2.93. The van der Waals surface area contributed by atoms with Crippen molar-refractivity contribution in [2.75, 3.05) is 0 Å². The van der Waals surface area contributed by atoms with Crippen molar-refractivity contribution in [3.8, 4) is 16.4 Å². The Morgan fingerprint density at radius 1 is 1.23 bits per heavy atom. The molecule has 0 saturated heterocycles. The van der Waals surface area contributed by atoms with Gasteiger partial charge in [-0.1, -0.05) is 48.9 Å². The number of aliphatic hydroxyl groups excluding tert-OH is 1. The van der Waals surface area contributed by atoms with Crippen LogP contribution < -0.4 is 0 Å². The van der Waals surface area contributed by atoms with Crippen molar-refractivity contribution in [2.45, 2.75) is 32.8 Å². The van der Waals surface area contributed by atoms with Gasteiger partial charge in [-0.05, 0) is 12.8 Å². The molecule has 5 nitrogen and oxygen atoms in total. The number of rotatable bonds is 6. The van der Waals surface area contributed by atoms with E-state index < -0.39 is 0 Å². The van der Waals surface area contributed by atoms with Gasteiger partial charge in [-0.2, -0.15) is 4.68 Å². The molecule has 0 unspecified atom stereocenters. The molecule has 0 spiro atoms. The van der Waals surface area contributed by atoms with Gasteiger partial charge < -0.3 is 5.11 Å². The summed E-state index contributed by atoms with van der Waals surface area (Å²) in [5, 5.41) is 20.5. The molecule has 114 valence electrons. The molecule has 0 saturated carbocycles. The van der Waals surface area contributed by atoms with E-state index in [1.165, 1.54) is 11.3 Å². The second-order valence-corrected chi connectivity index (χ2v) is 5.87. The van der Waals surface area contributed by atoms with Gasteiger partial charge in [-0.3, -0.25) is 0 Å². The van der Waals surface area contributed by atoms with Crippen LogP contribution >= 0.6 is 11.3 Å². The average molecular weight is 314 g/mol. The van der Waals surface area contributed by atoms with E-state index in [0.717, 1.165) is 41.3 Å². The van der Waals surface area contributed by atoms with E-state index in [4.69, 9.17) is 0 Å². The highest BCUT2D eigenvalue weighted by molar-refractivity contribution is 7.12. The largest absolute Gasteiger partial charge is 0.390 e. The van der Waals surface area contributed by atoms with Gasteiger partial charge in [0, 0.05) is 10.9 Å². The molecular weight excluding hydrogens is 296 g/mol. The maximum absolute atomic E-state index is 9.43. The first kappa shape index (κ1) is 14.9. The first-order valence-corrected chi connectivity index (χ1v) is 8.27. The maximum atomic E-state index is 9.43.